The molecule has 0 saturated carbocycles. The van der Waals surface area contributed by atoms with Gasteiger partial charge in [-0.3, -0.25) is 0 Å². The second-order valence-corrected chi connectivity index (χ2v) is 4.01. The summed E-state index contributed by atoms with van der Waals surface area (Å²) in [6, 6.07) is 4.46. The van der Waals surface area contributed by atoms with Crippen molar-refractivity contribution in [2.45, 2.75) is 25.8 Å². The number of oxime groups is 1. The van der Waals surface area contributed by atoms with E-state index in [4.69, 9.17) is 20.4 Å². The molecule has 3 N–H and O–H groups in total. The van der Waals surface area contributed by atoms with Crippen molar-refractivity contribution in [3.63, 3.8) is 0 Å². The Labute approximate surface area is 113 Å². The first-order chi connectivity index (χ1) is 9.29. The maximum absolute atomic E-state index is 12.3. The monoisotopic (exact) mass is 292 g/mol. The number of methoxy groups -OCH3 is 1. The van der Waals surface area contributed by atoms with Gasteiger partial charge in [0.15, 0.2) is 11.9 Å². The maximum atomic E-state index is 12.3. The molecular formula is C12H15F3N2O3. The van der Waals surface area contributed by atoms with Crippen molar-refractivity contribution in [1.29, 1.82) is 0 Å². The number of nitrogens with two attached hydrogens (primary N) is 1. The molecule has 0 radical (unpaired) electrons. The smallest absolute Gasteiger partial charge is 0.414 e. The first-order valence-corrected chi connectivity index (χ1v) is 5.62. The summed E-state index contributed by atoms with van der Waals surface area (Å²) in [5, 5.41) is 11.4. The molecule has 0 aliphatic heterocycles. The van der Waals surface area contributed by atoms with E-state index >= 15 is 0 Å². The number of rotatable bonds is 5. The van der Waals surface area contributed by atoms with Crippen molar-refractivity contribution in [2.75, 3.05) is 7.11 Å². The van der Waals surface area contributed by atoms with Crippen molar-refractivity contribution >= 4 is 5.84 Å². The van der Waals surface area contributed by atoms with Crippen molar-refractivity contribution < 1.29 is 27.9 Å². The largest absolute Gasteiger partial charge is 0.496 e. The van der Waals surface area contributed by atoms with Crippen LogP contribution in [0.15, 0.2) is 23.4 Å². The molecule has 1 unspecified atom stereocenters. The van der Waals surface area contributed by atoms with E-state index in [0.29, 0.717) is 11.1 Å². The molecule has 0 fully saturated rings. The van der Waals surface area contributed by atoms with Gasteiger partial charge in [0.2, 0.25) is 0 Å². The van der Waals surface area contributed by atoms with Gasteiger partial charge in [0.1, 0.15) is 5.75 Å². The van der Waals surface area contributed by atoms with Crippen molar-refractivity contribution in [1.82, 2.24) is 0 Å². The average molecular weight is 292 g/mol. The minimum Gasteiger partial charge on any atom is -0.496 e. The lowest BCUT2D eigenvalue weighted by Gasteiger charge is -2.17. The summed E-state index contributed by atoms with van der Waals surface area (Å²) in [4.78, 5) is 0. The van der Waals surface area contributed by atoms with Gasteiger partial charge >= 0.3 is 6.18 Å². The Bertz CT molecular complexity index is 489. The third-order valence-electron chi connectivity index (χ3n) is 2.61. The van der Waals surface area contributed by atoms with Crippen LogP contribution in [0.1, 0.15) is 18.1 Å². The Balaban J connectivity index is 2.84. The molecular weight excluding hydrogens is 277 g/mol. The Morgan fingerprint density at radius 1 is 1.45 bits per heavy atom. The van der Waals surface area contributed by atoms with Crippen LogP contribution in [0.2, 0.25) is 0 Å². The van der Waals surface area contributed by atoms with Gasteiger partial charge in [-0.15, -0.1) is 0 Å². The number of benzene rings is 1. The van der Waals surface area contributed by atoms with Gasteiger partial charge in [0.05, 0.1) is 19.3 Å². The zero-order valence-corrected chi connectivity index (χ0v) is 10.9. The molecule has 1 aromatic carbocycles. The third-order valence-corrected chi connectivity index (χ3v) is 2.61. The Morgan fingerprint density at radius 3 is 2.60 bits per heavy atom. The van der Waals surface area contributed by atoms with Crippen LogP contribution in [0.5, 0.6) is 5.75 Å². The summed E-state index contributed by atoms with van der Waals surface area (Å²) < 4.78 is 46.7. The summed E-state index contributed by atoms with van der Waals surface area (Å²) >= 11 is 0. The van der Waals surface area contributed by atoms with Gasteiger partial charge < -0.3 is 20.4 Å². The van der Waals surface area contributed by atoms with Gasteiger partial charge in [-0.1, -0.05) is 11.2 Å². The first-order valence-electron chi connectivity index (χ1n) is 5.62. The fourth-order valence-corrected chi connectivity index (χ4v) is 1.41. The predicted octanol–water partition coefficient (Wildman–Crippen LogP) is 2.26. The summed E-state index contributed by atoms with van der Waals surface area (Å²) in [5.74, 6) is 0.124. The molecule has 1 rings (SSSR count). The van der Waals surface area contributed by atoms with Crippen LogP contribution < -0.4 is 10.5 Å². The number of amidine groups is 1. The third kappa shape index (κ3) is 4.02. The summed E-state index contributed by atoms with van der Waals surface area (Å²) in [5.41, 5.74) is 6.25. The number of hydrogen-bond acceptors (Lipinski definition) is 4. The number of halogens is 3. The van der Waals surface area contributed by atoms with Crippen molar-refractivity contribution in [2.24, 2.45) is 10.9 Å². The van der Waals surface area contributed by atoms with Crippen LogP contribution in [0.25, 0.3) is 0 Å². The fraction of sp³-hybridized carbons (Fsp3) is 0.417. The number of hydrogen-bond donors (Lipinski definition) is 2. The highest BCUT2D eigenvalue weighted by Crippen LogP contribution is 2.25. The minimum absolute atomic E-state index is 0.155. The van der Waals surface area contributed by atoms with E-state index in [0.717, 1.165) is 6.92 Å². The Hall–Kier alpha value is -1.96. The molecule has 0 aliphatic rings. The van der Waals surface area contributed by atoms with Crippen molar-refractivity contribution in [3.05, 3.63) is 29.3 Å². The van der Waals surface area contributed by atoms with Gasteiger partial charge in [0.25, 0.3) is 0 Å². The molecule has 0 aromatic heterocycles. The molecule has 5 nitrogen and oxygen atoms in total. The lowest BCUT2D eigenvalue weighted by atomic mass is 10.1. The number of nitrogens with zero attached hydrogens (tertiary/aromatic N) is 1. The maximum Gasteiger partial charge on any atom is 0.414 e. The van der Waals surface area contributed by atoms with Gasteiger partial charge in [-0.05, 0) is 24.6 Å². The zero-order valence-electron chi connectivity index (χ0n) is 10.9. The molecule has 0 aliphatic carbocycles. The summed E-state index contributed by atoms with van der Waals surface area (Å²) in [6.07, 6.45) is -6.27. The second-order valence-electron chi connectivity index (χ2n) is 4.01. The Kier molecular flexibility index (Phi) is 5.20. The van der Waals surface area contributed by atoms with E-state index in [2.05, 4.69) is 5.16 Å². The molecule has 20 heavy (non-hydrogen) atoms. The van der Waals surface area contributed by atoms with Gasteiger partial charge in [0, 0.05) is 0 Å². The SMILES string of the molecule is COc1cc(COC(C)C(F)(F)F)ccc1/C(N)=N/O. The molecule has 0 saturated heterocycles. The molecule has 8 heteroatoms. The molecule has 1 aromatic rings. The number of alkyl halides is 3. The van der Waals surface area contributed by atoms with E-state index in [-0.39, 0.29) is 18.2 Å². The zero-order chi connectivity index (χ0) is 15.3. The van der Waals surface area contributed by atoms with Gasteiger partial charge in [-0.25, -0.2) is 0 Å². The molecule has 1 atom stereocenters. The van der Waals surface area contributed by atoms with Crippen LogP contribution in [0.4, 0.5) is 13.2 Å². The highest BCUT2D eigenvalue weighted by molar-refractivity contribution is 5.99. The van der Waals surface area contributed by atoms with E-state index in [1.54, 1.807) is 0 Å². The molecule has 0 bridgehead atoms. The summed E-state index contributed by atoms with van der Waals surface area (Å²) in [6.45, 7) is 0.704. The van der Waals surface area contributed by atoms with E-state index in [1.807, 2.05) is 0 Å². The lowest BCUT2D eigenvalue weighted by Crippen LogP contribution is -2.28. The van der Waals surface area contributed by atoms with Crippen LogP contribution in [0.3, 0.4) is 0 Å². The minimum atomic E-state index is -4.40. The standard InChI is InChI=1S/C12H15F3N2O3/c1-7(12(13,14)15)20-6-8-3-4-9(11(16)17-18)10(5-8)19-2/h3-5,7,18H,6H2,1-2H3,(H2,16,17). The molecule has 0 amide bonds. The van der Waals surface area contributed by atoms with E-state index < -0.39 is 12.3 Å². The highest BCUT2D eigenvalue weighted by Gasteiger charge is 2.36. The highest BCUT2D eigenvalue weighted by atomic mass is 19.4. The van der Waals surface area contributed by atoms with E-state index in [1.165, 1.54) is 25.3 Å². The van der Waals surface area contributed by atoms with Crippen LogP contribution in [-0.2, 0) is 11.3 Å². The fourth-order valence-electron chi connectivity index (χ4n) is 1.41. The normalized spacial score (nSPS) is 14.2. The van der Waals surface area contributed by atoms with Crippen LogP contribution >= 0.6 is 0 Å². The van der Waals surface area contributed by atoms with E-state index in [9.17, 15) is 13.2 Å². The van der Waals surface area contributed by atoms with Crippen molar-refractivity contribution in [3.8, 4) is 5.75 Å². The quantitative estimate of drug-likeness (QED) is 0.378. The lowest BCUT2D eigenvalue weighted by molar-refractivity contribution is -0.217. The van der Waals surface area contributed by atoms with Gasteiger partial charge in [-0.2, -0.15) is 13.2 Å². The average Bonchev–Trinajstić information content (AvgIpc) is 2.42. The Morgan fingerprint density at radius 2 is 2.10 bits per heavy atom. The second kappa shape index (κ2) is 6.47. The molecule has 0 heterocycles. The molecule has 112 valence electrons. The van der Waals surface area contributed by atoms with Crippen LogP contribution in [0, 0.1) is 0 Å². The number of ether oxygens (including phenoxy) is 2. The first kappa shape index (κ1) is 16.1. The summed E-state index contributed by atoms with van der Waals surface area (Å²) in [7, 11) is 1.37. The predicted molar refractivity (Wildman–Crippen MR) is 65.8 cm³/mol. The topological polar surface area (TPSA) is 77.1 Å². The molecule has 0 spiro atoms. The van der Waals surface area contributed by atoms with Crippen LogP contribution in [-0.4, -0.2) is 30.4 Å².